The van der Waals surface area contributed by atoms with E-state index in [0.717, 1.165) is 20.3 Å². The van der Waals surface area contributed by atoms with Crippen LogP contribution in [0.15, 0.2) is 113 Å². The molecule has 0 aromatic heterocycles. The number of methoxy groups -OCH3 is 1. The third-order valence-corrected chi connectivity index (χ3v) is 10.6. The Hall–Kier alpha value is -4.48. The standard InChI is InChI=1S/C38H45N3O6S2/c1-6-28(3)39-38(43)35(25-29-14-9-8-10-15-29)40(26-30-16-13-17-31(24-30)46-4)37(42)27-41(34-18-11-12-19-36(34)47-7-2)49(44,45)33-22-20-32(48-5)21-23-33/h8-24,28,35H,6-7,25-27H2,1-5H3,(H,39,43)/t28-,35-/m1/s1. The molecule has 4 rings (SSSR count). The molecule has 11 heteroatoms. The van der Waals surface area contributed by atoms with Crippen molar-refractivity contribution in [3.05, 3.63) is 114 Å². The minimum absolute atomic E-state index is 0.0269. The number of anilines is 1. The Kier molecular flexibility index (Phi) is 13.6. The first-order chi connectivity index (χ1) is 23.6. The van der Waals surface area contributed by atoms with Gasteiger partial charge < -0.3 is 19.7 Å². The summed E-state index contributed by atoms with van der Waals surface area (Å²) in [6, 6.07) is 28.9. The van der Waals surface area contributed by atoms with Crippen LogP contribution in [0, 0.1) is 0 Å². The predicted molar refractivity (Wildman–Crippen MR) is 196 cm³/mol. The normalized spacial score (nSPS) is 12.4. The lowest BCUT2D eigenvalue weighted by Gasteiger charge is -2.34. The zero-order chi connectivity index (χ0) is 35.4. The third-order valence-electron chi connectivity index (χ3n) is 8.12. The number of hydrogen-bond donors (Lipinski definition) is 1. The van der Waals surface area contributed by atoms with Gasteiger partial charge in [0.2, 0.25) is 11.8 Å². The van der Waals surface area contributed by atoms with Crippen LogP contribution in [0.3, 0.4) is 0 Å². The van der Waals surface area contributed by atoms with E-state index >= 15 is 0 Å². The van der Waals surface area contributed by atoms with Crippen LogP contribution in [-0.2, 0) is 32.6 Å². The Morgan fingerprint density at radius 2 is 1.55 bits per heavy atom. The first-order valence-corrected chi connectivity index (χ1v) is 18.9. The minimum atomic E-state index is -4.28. The van der Waals surface area contributed by atoms with Crippen LogP contribution in [0.25, 0.3) is 0 Å². The molecule has 2 amide bonds. The number of sulfonamides is 1. The lowest BCUT2D eigenvalue weighted by molar-refractivity contribution is -0.140. The first kappa shape index (κ1) is 37.3. The zero-order valence-corrected chi connectivity index (χ0v) is 30.3. The smallest absolute Gasteiger partial charge is 0.264 e. The number of carbonyl (C=O) groups is 2. The molecule has 260 valence electrons. The number of nitrogens with zero attached hydrogens (tertiary/aromatic N) is 2. The molecular formula is C38H45N3O6S2. The van der Waals surface area contributed by atoms with Gasteiger partial charge in [-0.15, -0.1) is 11.8 Å². The van der Waals surface area contributed by atoms with Gasteiger partial charge in [0.15, 0.2) is 0 Å². The minimum Gasteiger partial charge on any atom is -0.497 e. The van der Waals surface area contributed by atoms with Crippen LogP contribution < -0.4 is 19.1 Å². The van der Waals surface area contributed by atoms with Crippen LogP contribution in [0.5, 0.6) is 11.5 Å². The van der Waals surface area contributed by atoms with E-state index in [0.29, 0.717) is 17.9 Å². The highest BCUT2D eigenvalue weighted by Gasteiger charge is 2.36. The van der Waals surface area contributed by atoms with Crippen molar-refractivity contribution in [1.82, 2.24) is 10.2 Å². The van der Waals surface area contributed by atoms with Crippen molar-refractivity contribution in [2.45, 2.75) is 62.0 Å². The number of nitrogens with one attached hydrogen (secondary N) is 1. The third kappa shape index (κ3) is 9.79. The van der Waals surface area contributed by atoms with Gasteiger partial charge in [-0.25, -0.2) is 8.42 Å². The molecule has 0 aliphatic rings. The quantitative estimate of drug-likeness (QED) is 0.124. The van der Waals surface area contributed by atoms with Crippen molar-refractivity contribution in [2.75, 3.05) is 30.8 Å². The Balaban J connectivity index is 1.85. The summed E-state index contributed by atoms with van der Waals surface area (Å²) >= 11 is 1.50. The molecular weight excluding hydrogens is 659 g/mol. The average Bonchev–Trinajstić information content (AvgIpc) is 3.12. The molecule has 0 aliphatic carbocycles. The van der Waals surface area contributed by atoms with Crippen LogP contribution in [0.4, 0.5) is 5.69 Å². The Labute approximate surface area is 294 Å². The number of hydrogen-bond acceptors (Lipinski definition) is 7. The van der Waals surface area contributed by atoms with Crippen LogP contribution in [0.2, 0.25) is 0 Å². The van der Waals surface area contributed by atoms with E-state index in [2.05, 4.69) is 5.32 Å². The van der Waals surface area contributed by atoms with Gasteiger partial charge in [-0.1, -0.05) is 61.5 Å². The lowest BCUT2D eigenvalue weighted by Crippen LogP contribution is -2.54. The number of benzene rings is 4. The van der Waals surface area contributed by atoms with E-state index in [1.807, 2.05) is 69.5 Å². The van der Waals surface area contributed by atoms with E-state index in [9.17, 15) is 18.0 Å². The molecule has 0 aliphatic heterocycles. The summed E-state index contributed by atoms with van der Waals surface area (Å²) in [7, 11) is -2.72. The largest absolute Gasteiger partial charge is 0.497 e. The van der Waals surface area contributed by atoms with E-state index in [-0.39, 0.29) is 42.1 Å². The van der Waals surface area contributed by atoms with Crippen molar-refractivity contribution >= 4 is 39.3 Å². The van der Waals surface area contributed by atoms with E-state index in [1.54, 1.807) is 55.6 Å². The van der Waals surface area contributed by atoms with Gasteiger partial charge in [0.05, 0.1) is 24.3 Å². The summed E-state index contributed by atoms with van der Waals surface area (Å²) < 4.78 is 41.3. The average molecular weight is 704 g/mol. The molecule has 4 aromatic rings. The van der Waals surface area contributed by atoms with E-state index < -0.39 is 28.5 Å². The fourth-order valence-electron chi connectivity index (χ4n) is 5.29. The van der Waals surface area contributed by atoms with Gasteiger partial charge in [-0.05, 0) is 86.2 Å². The number of rotatable bonds is 17. The predicted octanol–water partition coefficient (Wildman–Crippen LogP) is 6.57. The fourth-order valence-corrected chi connectivity index (χ4v) is 7.12. The molecule has 9 nitrogen and oxygen atoms in total. The molecule has 0 radical (unpaired) electrons. The van der Waals surface area contributed by atoms with Gasteiger partial charge in [0.25, 0.3) is 10.0 Å². The monoisotopic (exact) mass is 703 g/mol. The zero-order valence-electron chi connectivity index (χ0n) is 28.7. The molecule has 0 bridgehead atoms. The summed E-state index contributed by atoms with van der Waals surface area (Å²) in [4.78, 5) is 31.3. The highest BCUT2D eigenvalue weighted by molar-refractivity contribution is 7.98. The van der Waals surface area contributed by atoms with E-state index in [4.69, 9.17) is 9.47 Å². The van der Waals surface area contributed by atoms with Crippen molar-refractivity contribution in [1.29, 1.82) is 0 Å². The second-order valence-corrected chi connectivity index (χ2v) is 14.2. The summed E-state index contributed by atoms with van der Waals surface area (Å²) in [5.74, 6) is 0.0267. The summed E-state index contributed by atoms with van der Waals surface area (Å²) in [5.41, 5.74) is 1.80. The van der Waals surface area contributed by atoms with Crippen molar-refractivity contribution in [3.63, 3.8) is 0 Å². The molecule has 1 N–H and O–H groups in total. The molecule has 0 heterocycles. The molecule has 0 spiro atoms. The molecule has 0 saturated carbocycles. The van der Waals surface area contributed by atoms with E-state index in [1.165, 1.54) is 28.8 Å². The number of ether oxygens (including phenoxy) is 2. The molecule has 0 saturated heterocycles. The van der Waals surface area contributed by atoms with Crippen LogP contribution in [-0.4, -0.2) is 63.7 Å². The summed E-state index contributed by atoms with van der Waals surface area (Å²) in [6.45, 7) is 5.43. The molecule has 2 atom stereocenters. The van der Waals surface area contributed by atoms with Crippen LogP contribution in [0.1, 0.15) is 38.3 Å². The highest BCUT2D eigenvalue weighted by atomic mass is 32.2. The van der Waals surface area contributed by atoms with Crippen molar-refractivity contribution < 1.29 is 27.5 Å². The van der Waals surface area contributed by atoms with Crippen molar-refractivity contribution in [2.24, 2.45) is 0 Å². The Bertz CT molecular complexity index is 1780. The number of thioether (sulfide) groups is 1. The van der Waals surface area contributed by atoms with Gasteiger partial charge in [-0.2, -0.15) is 0 Å². The number of para-hydroxylation sites is 2. The molecule has 0 fully saturated rings. The Morgan fingerprint density at radius 3 is 2.20 bits per heavy atom. The van der Waals surface area contributed by atoms with Gasteiger partial charge in [-0.3, -0.25) is 13.9 Å². The maximum atomic E-state index is 14.8. The fraction of sp³-hybridized carbons (Fsp3) is 0.316. The van der Waals surface area contributed by atoms with Crippen LogP contribution >= 0.6 is 11.8 Å². The van der Waals surface area contributed by atoms with Crippen molar-refractivity contribution in [3.8, 4) is 11.5 Å². The maximum absolute atomic E-state index is 14.8. The summed E-state index contributed by atoms with van der Waals surface area (Å²) in [5, 5.41) is 3.06. The number of carbonyl (C=O) groups excluding carboxylic acids is 2. The van der Waals surface area contributed by atoms with Gasteiger partial charge in [0, 0.05) is 23.9 Å². The van der Waals surface area contributed by atoms with Gasteiger partial charge in [0.1, 0.15) is 24.1 Å². The maximum Gasteiger partial charge on any atom is 0.264 e. The number of amides is 2. The topological polar surface area (TPSA) is 105 Å². The summed E-state index contributed by atoms with van der Waals surface area (Å²) in [6.07, 6.45) is 2.83. The SMILES string of the molecule is CCOc1ccccc1N(CC(=O)N(Cc1cccc(OC)c1)[C@H](Cc1ccccc1)C(=O)N[C@H](C)CC)S(=O)(=O)c1ccc(SC)cc1. The molecule has 49 heavy (non-hydrogen) atoms. The molecule has 4 aromatic carbocycles. The Morgan fingerprint density at radius 1 is 0.878 bits per heavy atom. The molecule has 0 unspecified atom stereocenters. The lowest BCUT2D eigenvalue weighted by atomic mass is 10.0. The second-order valence-electron chi connectivity index (χ2n) is 11.5. The highest BCUT2D eigenvalue weighted by Crippen LogP contribution is 2.33. The van der Waals surface area contributed by atoms with Gasteiger partial charge >= 0.3 is 0 Å². The second kappa shape index (κ2) is 17.8. The first-order valence-electron chi connectivity index (χ1n) is 16.3.